The molecule has 0 aromatic rings. The van der Waals surface area contributed by atoms with Crippen LogP contribution in [0.1, 0.15) is 71.6 Å². The fourth-order valence-electron chi connectivity index (χ4n) is 13.0. The largest absolute Gasteiger partial charge is 0.481 e. The Labute approximate surface area is 358 Å². The molecular formula is C42H64O20. The number of carboxylic acids is 1. The van der Waals surface area contributed by atoms with E-state index >= 15 is 0 Å². The Morgan fingerprint density at radius 1 is 0.774 bits per heavy atom. The first kappa shape index (κ1) is 46.6. The summed E-state index contributed by atoms with van der Waals surface area (Å²) < 4.78 is 46.3. The lowest BCUT2D eigenvalue weighted by molar-refractivity contribution is -0.367. The van der Waals surface area contributed by atoms with Gasteiger partial charge in [0.05, 0.1) is 36.4 Å². The SMILES string of the molecule is COC1C(O)C(OC2CCC3(C(=O)O)C(CCC4C3CCC3(C)C(C5=CC(=O)OC5)CCC43O)C2)OC(C)C1OC1OC(COC2OC(CO)C(O)C(O)C2O)C(O)C(O)C1O. The quantitative estimate of drug-likeness (QED) is 0.0779. The standard InChI is InChI=1S/C42H64O20/c1-17-34(62-37-32(50)30(48)28(46)25(61-37)16-57-36-31(49)29(47)27(45)24(14-43)60-36)35(55-3)33(51)38(58-17)59-20-6-10-41(39(52)53)19(13-20)4-5-23-22(41)7-9-40(2)21(8-11-42(23,40)54)18-12-26(44)56-15-18/h12,17,19-25,27-38,43,45-51,54H,4-11,13-16H2,1-3H3,(H,52,53). The molecule has 352 valence electrons. The molecule has 3 saturated heterocycles. The number of carbonyl (C=O) groups excluding carboxylic acids is 1. The number of cyclic esters (lactones) is 1. The van der Waals surface area contributed by atoms with Gasteiger partial charge in [-0.3, -0.25) is 4.79 Å². The highest BCUT2D eigenvalue weighted by molar-refractivity contribution is 5.85. The van der Waals surface area contributed by atoms with Gasteiger partial charge < -0.3 is 89.0 Å². The summed E-state index contributed by atoms with van der Waals surface area (Å²) in [6.45, 7) is 2.68. The van der Waals surface area contributed by atoms with Crippen molar-refractivity contribution in [2.24, 2.45) is 34.5 Å². The Kier molecular flexibility index (Phi) is 13.3. The summed E-state index contributed by atoms with van der Waals surface area (Å²) in [5.74, 6) is -1.99. The number of fused-ring (bicyclic) bond motifs is 5. The van der Waals surface area contributed by atoms with Gasteiger partial charge in [0.25, 0.3) is 0 Å². The van der Waals surface area contributed by atoms with E-state index in [9.17, 15) is 60.7 Å². The number of esters is 1. The molecule has 8 rings (SSSR count). The van der Waals surface area contributed by atoms with Gasteiger partial charge in [-0.1, -0.05) is 6.92 Å². The fourth-order valence-corrected chi connectivity index (χ4v) is 13.0. The Morgan fingerprint density at radius 2 is 1.45 bits per heavy atom. The predicted molar refractivity (Wildman–Crippen MR) is 205 cm³/mol. The summed E-state index contributed by atoms with van der Waals surface area (Å²) in [4.78, 5) is 25.5. The summed E-state index contributed by atoms with van der Waals surface area (Å²) in [6, 6.07) is 0. The fraction of sp³-hybridized carbons (Fsp3) is 0.905. The van der Waals surface area contributed by atoms with Gasteiger partial charge in [-0.25, -0.2) is 4.79 Å². The lowest BCUT2D eigenvalue weighted by Crippen LogP contribution is -2.65. The number of carbonyl (C=O) groups is 2. The van der Waals surface area contributed by atoms with Crippen LogP contribution in [0.3, 0.4) is 0 Å². The van der Waals surface area contributed by atoms with E-state index in [4.69, 9.17) is 37.9 Å². The van der Waals surface area contributed by atoms with Crippen LogP contribution in [0, 0.1) is 34.5 Å². The van der Waals surface area contributed by atoms with Gasteiger partial charge in [0, 0.05) is 18.6 Å². The number of aliphatic hydroxyl groups is 9. The number of methoxy groups -OCH3 is 1. The third kappa shape index (κ3) is 7.56. The van der Waals surface area contributed by atoms with E-state index in [1.165, 1.54) is 7.11 Å². The van der Waals surface area contributed by atoms with Gasteiger partial charge in [0.1, 0.15) is 73.8 Å². The predicted octanol–water partition coefficient (Wildman–Crippen LogP) is -2.18. The van der Waals surface area contributed by atoms with E-state index in [2.05, 4.69) is 6.92 Å². The normalized spacial score (nSPS) is 53.0. The molecule has 0 spiro atoms. The molecule has 23 atom stereocenters. The Morgan fingerprint density at radius 3 is 2.11 bits per heavy atom. The molecule has 0 radical (unpaired) electrons. The molecule has 0 aromatic carbocycles. The van der Waals surface area contributed by atoms with Crippen molar-refractivity contribution in [3.63, 3.8) is 0 Å². The molecule has 0 bridgehead atoms. The summed E-state index contributed by atoms with van der Waals surface area (Å²) >= 11 is 0. The second kappa shape index (κ2) is 17.7. The van der Waals surface area contributed by atoms with Crippen molar-refractivity contribution in [3.05, 3.63) is 11.6 Å². The first-order valence-corrected chi connectivity index (χ1v) is 22.0. The molecule has 0 aromatic heterocycles. The topological polar surface area (TPSA) is 310 Å². The van der Waals surface area contributed by atoms with Crippen molar-refractivity contribution < 1.29 is 98.5 Å². The van der Waals surface area contributed by atoms with Crippen LogP contribution in [-0.2, 0) is 47.5 Å². The van der Waals surface area contributed by atoms with Crippen molar-refractivity contribution in [3.8, 4) is 0 Å². The molecule has 4 aliphatic carbocycles. The maximum absolute atomic E-state index is 13.5. The Balaban J connectivity index is 0.899. The van der Waals surface area contributed by atoms with E-state index in [0.717, 1.165) is 5.57 Å². The molecule has 20 nitrogen and oxygen atoms in total. The first-order chi connectivity index (χ1) is 29.4. The second-order valence-electron chi connectivity index (χ2n) is 19.2. The number of aliphatic hydroxyl groups excluding tert-OH is 8. The zero-order valence-electron chi connectivity index (χ0n) is 35.2. The van der Waals surface area contributed by atoms with Gasteiger partial charge in [0.15, 0.2) is 18.9 Å². The number of rotatable bonds is 11. The summed E-state index contributed by atoms with van der Waals surface area (Å²) in [5, 5.41) is 108. The smallest absolute Gasteiger partial charge is 0.331 e. The monoisotopic (exact) mass is 888 g/mol. The van der Waals surface area contributed by atoms with Gasteiger partial charge >= 0.3 is 11.9 Å². The van der Waals surface area contributed by atoms with Crippen molar-refractivity contribution in [1.82, 2.24) is 0 Å². The van der Waals surface area contributed by atoms with Crippen LogP contribution in [0.2, 0.25) is 0 Å². The minimum Gasteiger partial charge on any atom is -0.481 e. The number of ether oxygens (including phenoxy) is 8. The van der Waals surface area contributed by atoms with Crippen LogP contribution < -0.4 is 0 Å². The highest BCUT2D eigenvalue weighted by Crippen LogP contribution is 2.70. The molecule has 4 saturated carbocycles. The van der Waals surface area contributed by atoms with Crippen LogP contribution in [-0.4, -0.2) is 194 Å². The molecule has 62 heavy (non-hydrogen) atoms. The van der Waals surface area contributed by atoms with E-state index in [-0.39, 0.29) is 36.2 Å². The van der Waals surface area contributed by atoms with Gasteiger partial charge in [-0.2, -0.15) is 0 Å². The van der Waals surface area contributed by atoms with Crippen molar-refractivity contribution >= 4 is 11.9 Å². The van der Waals surface area contributed by atoms with Gasteiger partial charge in [0.2, 0.25) is 0 Å². The van der Waals surface area contributed by atoms with E-state index in [0.29, 0.717) is 57.8 Å². The van der Waals surface area contributed by atoms with Crippen LogP contribution in [0.4, 0.5) is 0 Å². The number of hydrogen-bond acceptors (Lipinski definition) is 19. The minimum atomic E-state index is -1.81. The average Bonchev–Trinajstić information content (AvgIpc) is 3.80. The van der Waals surface area contributed by atoms with E-state index in [1.807, 2.05) is 0 Å². The van der Waals surface area contributed by atoms with Crippen LogP contribution in [0.5, 0.6) is 0 Å². The van der Waals surface area contributed by atoms with Crippen molar-refractivity contribution in [1.29, 1.82) is 0 Å². The zero-order valence-corrected chi connectivity index (χ0v) is 35.2. The second-order valence-corrected chi connectivity index (χ2v) is 19.2. The zero-order chi connectivity index (χ0) is 44.6. The molecule has 23 unspecified atom stereocenters. The van der Waals surface area contributed by atoms with Crippen molar-refractivity contribution in [2.45, 2.75) is 175 Å². The lowest BCUT2D eigenvalue weighted by atomic mass is 9.42. The van der Waals surface area contributed by atoms with E-state index < -0.39 is 134 Å². The Bertz CT molecular complexity index is 1660. The highest BCUT2D eigenvalue weighted by atomic mass is 16.8. The lowest BCUT2D eigenvalue weighted by Gasteiger charge is -2.63. The molecule has 0 amide bonds. The highest BCUT2D eigenvalue weighted by Gasteiger charge is 2.70. The van der Waals surface area contributed by atoms with Gasteiger partial charge in [-0.15, -0.1) is 0 Å². The average molecular weight is 889 g/mol. The molecule has 4 heterocycles. The number of carboxylic acid groups (broad SMARTS) is 1. The molecule has 4 aliphatic heterocycles. The maximum Gasteiger partial charge on any atom is 0.331 e. The Hall–Kier alpha value is -1.96. The molecule has 8 aliphatic rings. The van der Waals surface area contributed by atoms with Crippen LogP contribution in [0.25, 0.3) is 0 Å². The molecule has 20 heteroatoms. The van der Waals surface area contributed by atoms with E-state index in [1.54, 1.807) is 13.0 Å². The third-order valence-electron chi connectivity index (χ3n) is 16.4. The molecule has 10 N–H and O–H groups in total. The molecule has 7 fully saturated rings. The maximum atomic E-state index is 13.5. The minimum absolute atomic E-state index is 0.0165. The summed E-state index contributed by atoms with van der Waals surface area (Å²) in [6.07, 6.45) is -16.2. The number of hydrogen-bond donors (Lipinski definition) is 10. The first-order valence-electron chi connectivity index (χ1n) is 22.0. The summed E-state index contributed by atoms with van der Waals surface area (Å²) in [5.41, 5.74) is -1.77. The van der Waals surface area contributed by atoms with Crippen molar-refractivity contribution in [2.75, 3.05) is 26.9 Å². The van der Waals surface area contributed by atoms with Crippen LogP contribution >= 0.6 is 0 Å². The summed E-state index contributed by atoms with van der Waals surface area (Å²) in [7, 11) is 1.33. The molecular weight excluding hydrogens is 824 g/mol. The number of aliphatic carboxylic acids is 1. The third-order valence-corrected chi connectivity index (χ3v) is 16.4. The van der Waals surface area contributed by atoms with Crippen LogP contribution in [0.15, 0.2) is 11.6 Å². The van der Waals surface area contributed by atoms with Gasteiger partial charge in [-0.05, 0) is 94.0 Å².